The average Bonchev–Trinajstić information content (AvgIpc) is 2.85. The van der Waals surface area contributed by atoms with E-state index < -0.39 is 6.09 Å². The van der Waals surface area contributed by atoms with Crippen LogP contribution < -0.4 is 5.73 Å². The Hall–Kier alpha value is -2.08. The number of imidazole rings is 1. The molecule has 2 heterocycles. The monoisotopic (exact) mass is 274 g/mol. The molecule has 1 aliphatic rings. The first-order valence-electron chi connectivity index (χ1n) is 6.84. The van der Waals surface area contributed by atoms with E-state index in [1.165, 1.54) is 4.90 Å². The molecule has 20 heavy (non-hydrogen) atoms. The van der Waals surface area contributed by atoms with Crippen molar-refractivity contribution in [3.05, 3.63) is 30.1 Å². The highest BCUT2D eigenvalue weighted by Gasteiger charge is 2.25. The van der Waals surface area contributed by atoms with Crippen LogP contribution in [0.2, 0.25) is 0 Å². The molecule has 1 aliphatic heterocycles. The van der Waals surface area contributed by atoms with Crippen molar-refractivity contribution in [3.63, 3.8) is 0 Å². The van der Waals surface area contributed by atoms with Gasteiger partial charge >= 0.3 is 6.09 Å². The minimum absolute atomic E-state index is 0.275. The number of carbonyl (C=O) groups is 1. The van der Waals surface area contributed by atoms with Crippen molar-refractivity contribution in [2.24, 2.45) is 5.73 Å². The van der Waals surface area contributed by atoms with Gasteiger partial charge in [0.2, 0.25) is 0 Å². The van der Waals surface area contributed by atoms with Crippen LogP contribution in [0, 0.1) is 0 Å². The van der Waals surface area contributed by atoms with Crippen LogP contribution in [0.25, 0.3) is 11.0 Å². The van der Waals surface area contributed by atoms with Gasteiger partial charge in [-0.25, -0.2) is 9.78 Å². The minimum atomic E-state index is -0.835. The Bertz CT molecular complexity index is 629. The van der Waals surface area contributed by atoms with E-state index in [4.69, 9.17) is 10.8 Å². The number of nitrogens with zero attached hydrogens (tertiary/aromatic N) is 3. The molecule has 1 fully saturated rings. The van der Waals surface area contributed by atoms with Crippen LogP contribution in [0.4, 0.5) is 4.79 Å². The number of hydrogen-bond donors (Lipinski definition) is 2. The van der Waals surface area contributed by atoms with Crippen molar-refractivity contribution in [1.29, 1.82) is 0 Å². The van der Waals surface area contributed by atoms with Crippen molar-refractivity contribution in [3.8, 4) is 0 Å². The Morgan fingerprint density at radius 3 is 2.70 bits per heavy atom. The quantitative estimate of drug-likeness (QED) is 0.874. The summed E-state index contributed by atoms with van der Waals surface area (Å²) in [6, 6.07) is 8.26. The third kappa shape index (κ3) is 2.12. The Morgan fingerprint density at radius 1 is 1.35 bits per heavy atom. The van der Waals surface area contributed by atoms with Gasteiger partial charge in [0, 0.05) is 19.1 Å². The number of nitrogens with two attached hydrogens (primary N) is 1. The second kappa shape index (κ2) is 5.13. The summed E-state index contributed by atoms with van der Waals surface area (Å²) in [5.74, 6) is 0.875. The molecule has 0 saturated carbocycles. The fourth-order valence-corrected chi connectivity index (χ4v) is 2.96. The van der Waals surface area contributed by atoms with E-state index in [-0.39, 0.29) is 6.04 Å². The predicted molar refractivity (Wildman–Crippen MR) is 75.5 cm³/mol. The van der Waals surface area contributed by atoms with Crippen LogP contribution in [0.15, 0.2) is 24.3 Å². The number of piperidine rings is 1. The number of rotatable bonds is 2. The van der Waals surface area contributed by atoms with E-state index in [1.807, 2.05) is 24.3 Å². The van der Waals surface area contributed by atoms with Gasteiger partial charge in [0.05, 0.1) is 17.6 Å². The van der Waals surface area contributed by atoms with Crippen LogP contribution in [0.5, 0.6) is 0 Å². The van der Waals surface area contributed by atoms with Crippen LogP contribution in [-0.2, 0) is 6.54 Å². The average molecular weight is 274 g/mol. The molecular weight excluding hydrogens is 256 g/mol. The Kier molecular flexibility index (Phi) is 3.31. The van der Waals surface area contributed by atoms with Crippen LogP contribution in [0.1, 0.15) is 24.7 Å². The van der Waals surface area contributed by atoms with E-state index in [1.54, 1.807) is 0 Å². The van der Waals surface area contributed by atoms with E-state index in [0.717, 1.165) is 29.7 Å². The molecule has 0 atom stereocenters. The molecule has 2 aromatic rings. The first-order chi connectivity index (χ1) is 9.70. The topological polar surface area (TPSA) is 84.4 Å². The molecule has 6 heteroatoms. The lowest BCUT2D eigenvalue weighted by Gasteiger charge is -2.31. The second-order valence-corrected chi connectivity index (χ2v) is 5.09. The Morgan fingerprint density at radius 2 is 2.05 bits per heavy atom. The first kappa shape index (κ1) is 12.9. The number of likely N-dealkylation sites (tertiary alicyclic amines) is 1. The first-order valence-corrected chi connectivity index (χ1v) is 6.84. The summed E-state index contributed by atoms with van der Waals surface area (Å²) in [5.41, 5.74) is 7.85. The summed E-state index contributed by atoms with van der Waals surface area (Å²) in [7, 11) is 0. The minimum Gasteiger partial charge on any atom is -0.465 e. The molecule has 0 unspecified atom stereocenters. The molecule has 1 aromatic carbocycles. The maximum absolute atomic E-state index is 11.0. The molecule has 0 spiro atoms. The molecule has 3 N–H and O–H groups in total. The molecule has 0 aliphatic carbocycles. The van der Waals surface area contributed by atoms with Gasteiger partial charge in [-0.2, -0.15) is 0 Å². The highest BCUT2D eigenvalue weighted by Crippen LogP contribution is 2.28. The van der Waals surface area contributed by atoms with Gasteiger partial charge < -0.3 is 20.3 Å². The van der Waals surface area contributed by atoms with Crippen molar-refractivity contribution < 1.29 is 9.90 Å². The molecular formula is C14H18N4O2. The zero-order valence-corrected chi connectivity index (χ0v) is 11.2. The lowest BCUT2D eigenvalue weighted by Crippen LogP contribution is -2.38. The number of amides is 1. The van der Waals surface area contributed by atoms with Crippen molar-refractivity contribution in [1.82, 2.24) is 14.5 Å². The number of fused-ring (bicyclic) bond motifs is 1. The van der Waals surface area contributed by atoms with Crippen LogP contribution >= 0.6 is 0 Å². The van der Waals surface area contributed by atoms with Gasteiger partial charge in [0.25, 0.3) is 0 Å². The zero-order valence-electron chi connectivity index (χ0n) is 11.2. The summed E-state index contributed by atoms with van der Waals surface area (Å²) in [6.07, 6.45) is 0.775. The summed E-state index contributed by atoms with van der Waals surface area (Å²) in [6.45, 7) is 1.53. The second-order valence-electron chi connectivity index (χ2n) is 5.09. The van der Waals surface area contributed by atoms with E-state index in [0.29, 0.717) is 19.6 Å². The summed E-state index contributed by atoms with van der Waals surface area (Å²) in [4.78, 5) is 17.0. The number of benzene rings is 1. The summed E-state index contributed by atoms with van der Waals surface area (Å²) in [5, 5.41) is 9.01. The van der Waals surface area contributed by atoms with Crippen molar-refractivity contribution in [2.75, 3.05) is 13.1 Å². The number of hydrogen-bond acceptors (Lipinski definition) is 3. The standard InChI is InChI=1S/C14H18N4O2/c15-9-13-16-11-3-1-2-4-12(11)18(13)10-5-7-17(8-6-10)14(19)20/h1-4,10H,5-9,15H2,(H,19,20). The lowest BCUT2D eigenvalue weighted by molar-refractivity contribution is 0.126. The van der Waals surface area contributed by atoms with Gasteiger partial charge in [-0.05, 0) is 25.0 Å². The highest BCUT2D eigenvalue weighted by molar-refractivity contribution is 5.76. The van der Waals surface area contributed by atoms with Crippen LogP contribution in [0.3, 0.4) is 0 Å². The Balaban J connectivity index is 1.92. The normalized spacial score (nSPS) is 16.8. The predicted octanol–water partition coefficient (Wildman–Crippen LogP) is 1.81. The maximum Gasteiger partial charge on any atom is 0.407 e. The Labute approximate surface area is 116 Å². The van der Waals surface area contributed by atoms with E-state index in [2.05, 4.69) is 9.55 Å². The fourth-order valence-electron chi connectivity index (χ4n) is 2.96. The SMILES string of the molecule is NCc1nc2ccccc2n1C1CCN(C(=O)O)CC1. The third-order valence-electron chi connectivity index (χ3n) is 3.95. The molecule has 1 saturated heterocycles. The molecule has 106 valence electrons. The smallest absolute Gasteiger partial charge is 0.407 e. The van der Waals surface area contributed by atoms with E-state index >= 15 is 0 Å². The molecule has 3 rings (SSSR count). The number of aromatic nitrogens is 2. The molecule has 1 amide bonds. The number of carboxylic acid groups (broad SMARTS) is 1. The van der Waals surface area contributed by atoms with Gasteiger partial charge in [0.1, 0.15) is 5.82 Å². The van der Waals surface area contributed by atoms with Crippen molar-refractivity contribution >= 4 is 17.1 Å². The van der Waals surface area contributed by atoms with Crippen molar-refractivity contribution in [2.45, 2.75) is 25.4 Å². The summed E-state index contributed by atoms with van der Waals surface area (Å²) < 4.78 is 2.19. The van der Waals surface area contributed by atoms with E-state index in [9.17, 15) is 4.79 Å². The summed E-state index contributed by atoms with van der Waals surface area (Å²) >= 11 is 0. The third-order valence-corrected chi connectivity index (χ3v) is 3.95. The van der Waals surface area contributed by atoms with Gasteiger partial charge in [-0.3, -0.25) is 0 Å². The maximum atomic E-state index is 11.0. The van der Waals surface area contributed by atoms with Gasteiger partial charge in [0.15, 0.2) is 0 Å². The lowest BCUT2D eigenvalue weighted by atomic mass is 10.0. The van der Waals surface area contributed by atoms with Gasteiger partial charge in [-0.1, -0.05) is 12.1 Å². The molecule has 0 radical (unpaired) electrons. The van der Waals surface area contributed by atoms with Gasteiger partial charge in [-0.15, -0.1) is 0 Å². The highest BCUT2D eigenvalue weighted by atomic mass is 16.4. The zero-order chi connectivity index (χ0) is 14.1. The molecule has 0 bridgehead atoms. The van der Waals surface area contributed by atoms with Crippen LogP contribution in [-0.4, -0.2) is 38.7 Å². The molecule has 6 nitrogen and oxygen atoms in total. The fraction of sp³-hybridized carbons (Fsp3) is 0.429. The molecule has 1 aromatic heterocycles. The number of para-hydroxylation sites is 2. The largest absolute Gasteiger partial charge is 0.465 e.